The third-order valence-electron chi connectivity index (χ3n) is 4.83. The van der Waals surface area contributed by atoms with Crippen molar-refractivity contribution >= 4 is 16.7 Å². The number of benzene rings is 2. The minimum Gasteiger partial charge on any atom is -0.383 e. The summed E-state index contributed by atoms with van der Waals surface area (Å²) in [5.74, 6) is 0.0221. The van der Waals surface area contributed by atoms with E-state index in [0.29, 0.717) is 35.9 Å². The summed E-state index contributed by atoms with van der Waals surface area (Å²) in [7, 11) is 3.56. The second-order valence-electron chi connectivity index (χ2n) is 6.88. The van der Waals surface area contributed by atoms with Gasteiger partial charge in [-0.05, 0) is 42.0 Å². The number of ether oxygens (including phenoxy) is 1. The van der Waals surface area contributed by atoms with E-state index in [1.807, 2.05) is 36.2 Å². The number of pyridine rings is 1. The van der Waals surface area contributed by atoms with E-state index in [2.05, 4.69) is 9.97 Å². The lowest BCUT2D eigenvalue weighted by atomic mass is 10.0. The molecule has 0 radical (unpaired) electrons. The van der Waals surface area contributed by atoms with Gasteiger partial charge in [0, 0.05) is 55.7 Å². The largest absolute Gasteiger partial charge is 0.383 e. The van der Waals surface area contributed by atoms with Gasteiger partial charge in [-0.3, -0.25) is 4.98 Å². The fourth-order valence-electron chi connectivity index (χ4n) is 3.25. The number of hydrogen-bond acceptors (Lipinski definition) is 5. The van der Waals surface area contributed by atoms with Crippen molar-refractivity contribution in [2.75, 3.05) is 32.2 Å². The Kier molecular flexibility index (Phi) is 5.63. The Bertz CT molecular complexity index is 1180. The lowest BCUT2D eigenvalue weighted by Crippen LogP contribution is -2.23. The zero-order chi connectivity index (χ0) is 21.1. The normalized spacial score (nSPS) is 11.1. The Morgan fingerprint density at radius 1 is 1.00 bits per heavy atom. The lowest BCUT2D eigenvalue weighted by Gasteiger charge is -2.20. The minimum absolute atomic E-state index is 0.320. The molecule has 0 saturated heterocycles. The molecule has 0 aliphatic carbocycles. The molecule has 0 amide bonds. The second kappa shape index (κ2) is 8.51. The number of rotatable bonds is 6. The first-order valence-corrected chi connectivity index (χ1v) is 9.44. The van der Waals surface area contributed by atoms with Crippen LogP contribution in [-0.4, -0.2) is 42.3 Å². The van der Waals surface area contributed by atoms with Gasteiger partial charge < -0.3 is 9.64 Å². The van der Waals surface area contributed by atoms with Crippen molar-refractivity contribution in [3.05, 3.63) is 72.6 Å². The fraction of sp³-hybridized carbons (Fsp3) is 0.174. The van der Waals surface area contributed by atoms with Gasteiger partial charge in [0.25, 0.3) is 0 Å². The van der Waals surface area contributed by atoms with Gasteiger partial charge >= 0.3 is 0 Å². The first kappa shape index (κ1) is 19.8. The highest BCUT2D eigenvalue weighted by molar-refractivity contribution is 5.94. The van der Waals surface area contributed by atoms with Gasteiger partial charge in [-0.25, -0.2) is 18.7 Å². The minimum atomic E-state index is -0.614. The molecule has 4 aromatic rings. The summed E-state index contributed by atoms with van der Waals surface area (Å²) >= 11 is 0. The SMILES string of the molecule is COCCN(C)c1nc(-c2cccnc2)nc2ccc(-c3ccc(F)cc3F)cc12. The van der Waals surface area contributed by atoms with E-state index in [0.717, 1.165) is 22.5 Å². The van der Waals surface area contributed by atoms with Crippen LogP contribution < -0.4 is 4.90 Å². The molecule has 0 saturated carbocycles. The number of anilines is 1. The van der Waals surface area contributed by atoms with E-state index >= 15 is 0 Å². The summed E-state index contributed by atoms with van der Waals surface area (Å²) in [6.45, 7) is 1.14. The maximum Gasteiger partial charge on any atom is 0.163 e. The van der Waals surface area contributed by atoms with E-state index in [9.17, 15) is 8.78 Å². The van der Waals surface area contributed by atoms with Crippen LogP contribution in [0.1, 0.15) is 0 Å². The molecule has 2 aromatic heterocycles. The van der Waals surface area contributed by atoms with Crippen molar-refractivity contribution in [1.29, 1.82) is 0 Å². The van der Waals surface area contributed by atoms with Gasteiger partial charge in [0.1, 0.15) is 17.5 Å². The van der Waals surface area contributed by atoms with Gasteiger partial charge in [0.05, 0.1) is 12.1 Å². The fourth-order valence-corrected chi connectivity index (χ4v) is 3.25. The molecule has 0 spiro atoms. The van der Waals surface area contributed by atoms with Gasteiger partial charge in [-0.2, -0.15) is 0 Å². The molecule has 152 valence electrons. The number of likely N-dealkylation sites (N-methyl/N-ethyl adjacent to an activating group) is 1. The average Bonchev–Trinajstić information content (AvgIpc) is 2.77. The molecule has 4 rings (SSSR count). The van der Waals surface area contributed by atoms with Crippen molar-refractivity contribution in [1.82, 2.24) is 15.0 Å². The van der Waals surface area contributed by atoms with E-state index in [-0.39, 0.29) is 0 Å². The van der Waals surface area contributed by atoms with Crippen molar-refractivity contribution in [3.63, 3.8) is 0 Å². The van der Waals surface area contributed by atoms with Crippen LogP contribution in [0.15, 0.2) is 60.9 Å². The monoisotopic (exact) mass is 406 g/mol. The van der Waals surface area contributed by atoms with Crippen molar-refractivity contribution in [2.45, 2.75) is 0 Å². The lowest BCUT2D eigenvalue weighted by molar-refractivity contribution is 0.206. The van der Waals surface area contributed by atoms with Crippen LogP contribution in [0.3, 0.4) is 0 Å². The third kappa shape index (κ3) is 3.97. The molecule has 5 nitrogen and oxygen atoms in total. The Hall–Kier alpha value is -3.45. The Morgan fingerprint density at radius 3 is 2.60 bits per heavy atom. The summed E-state index contributed by atoms with van der Waals surface area (Å²) in [6, 6.07) is 12.7. The van der Waals surface area contributed by atoms with Gasteiger partial charge in [0.2, 0.25) is 0 Å². The standard InChI is InChI=1S/C23H20F2N4O/c1-29(10-11-30-2)23-19-12-15(18-7-6-17(24)13-20(18)25)5-8-21(19)27-22(28-23)16-4-3-9-26-14-16/h3-9,12-14H,10-11H2,1-2H3. The Morgan fingerprint density at radius 2 is 1.87 bits per heavy atom. The topological polar surface area (TPSA) is 51.1 Å². The number of methoxy groups -OCH3 is 1. The molecule has 0 N–H and O–H groups in total. The molecular formula is C23H20F2N4O. The predicted octanol–water partition coefficient (Wildman–Crippen LogP) is 4.72. The molecule has 0 bridgehead atoms. The van der Waals surface area contributed by atoms with Crippen molar-refractivity contribution in [3.8, 4) is 22.5 Å². The molecule has 0 aliphatic rings. The van der Waals surface area contributed by atoms with E-state index in [1.165, 1.54) is 12.1 Å². The molecule has 0 aliphatic heterocycles. The van der Waals surface area contributed by atoms with Crippen LogP contribution in [0.25, 0.3) is 33.4 Å². The van der Waals surface area contributed by atoms with E-state index < -0.39 is 11.6 Å². The number of fused-ring (bicyclic) bond motifs is 1. The molecule has 0 unspecified atom stereocenters. The number of halogens is 2. The summed E-state index contributed by atoms with van der Waals surface area (Å²) in [5, 5.41) is 0.766. The van der Waals surface area contributed by atoms with E-state index in [1.54, 1.807) is 25.6 Å². The molecule has 0 fully saturated rings. The van der Waals surface area contributed by atoms with Crippen LogP contribution >= 0.6 is 0 Å². The average molecular weight is 406 g/mol. The van der Waals surface area contributed by atoms with E-state index in [4.69, 9.17) is 9.72 Å². The van der Waals surface area contributed by atoms with Crippen LogP contribution in [0, 0.1) is 11.6 Å². The number of nitrogens with zero attached hydrogens (tertiary/aromatic N) is 4. The van der Waals surface area contributed by atoms with Crippen LogP contribution in [0.4, 0.5) is 14.6 Å². The summed E-state index contributed by atoms with van der Waals surface area (Å²) in [6.07, 6.45) is 3.40. The molecule has 30 heavy (non-hydrogen) atoms. The molecule has 2 aromatic carbocycles. The number of hydrogen-bond donors (Lipinski definition) is 0. The second-order valence-corrected chi connectivity index (χ2v) is 6.88. The highest BCUT2D eigenvalue weighted by atomic mass is 19.1. The van der Waals surface area contributed by atoms with Crippen LogP contribution in [0.5, 0.6) is 0 Å². The molecule has 0 atom stereocenters. The zero-order valence-electron chi connectivity index (χ0n) is 16.6. The Labute approximate surface area is 173 Å². The van der Waals surface area contributed by atoms with Crippen molar-refractivity contribution < 1.29 is 13.5 Å². The van der Waals surface area contributed by atoms with Crippen LogP contribution in [0.2, 0.25) is 0 Å². The highest BCUT2D eigenvalue weighted by Crippen LogP contribution is 2.32. The summed E-state index contributed by atoms with van der Waals surface area (Å²) < 4.78 is 32.9. The van der Waals surface area contributed by atoms with Crippen molar-refractivity contribution in [2.24, 2.45) is 0 Å². The molecule has 7 heteroatoms. The quantitative estimate of drug-likeness (QED) is 0.464. The summed E-state index contributed by atoms with van der Waals surface area (Å²) in [5.41, 5.74) is 2.46. The van der Waals surface area contributed by atoms with Crippen LogP contribution in [-0.2, 0) is 4.74 Å². The Balaban J connectivity index is 1.89. The number of aromatic nitrogens is 3. The van der Waals surface area contributed by atoms with Gasteiger partial charge in [0.15, 0.2) is 5.82 Å². The first-order valence-electron chi connectivity index (χ1n) is 9.44. The van der Waals surface area contributed by atoms with Gasteiger partial charge in [-0.1, -0.05) is 6.07 Å². The highest BCUT2D eigenvalue weighted by Gasteiger charge is 2.15. The molecular weight excluding hydrogens is 386 g/mol. The summed E-state index contributed by atoms with van der Waals surface area (Å²) in [4.78, 5) is 15.6. The zero-order valence-corrected chi connectivity index (χ0v) is 16.6. The smallest absolute Gasteiger partial charge is 0.163 e. The predicted molar refractivity (Wildman–Crippen MR) is 113 cm³/mol. The first-order chi connectivity index (χ1) is 14.6. The maximum absolute atomic E-state index is 14.3. The van der Waals surface area contributed by atoms with Gasteiger partial charge in [-0.15, -0.1) is 0 Å². The maximum atomic E-state index is 14.3. The molecule has 2 heterocycles. The third-order valence-corrected chi connectivity index (χ3v) is 4.83.